The van der Waals surface area contributed by atoms with Gasteiger partial charge in [-0.3, -0.25) is 4.98 Å². The molecule has 0 amide bonds. The summed E-state index contributed by atoms with van der Waals surface area (Å²) < 4.78 is 25.9. The summed E-state index contributed by atoms with van der Waals surface area (Å²) in [4.78, 5) is 12.9. The summed E-state index contributed by atoms with van der Waals surface area (Å²) in [5.41, 5.74) is 4.20. The molecule has 0 spiro atoms. The minimum atomic E-state index is -3.58. The molecule has 0 aliphatic heterocycles. The molecule has 154 valence electrons. The van der Waals surface area contributed by atoms with Gasteiger partial charge in [0.1, 0.15) is 0 Å². The number of rotatable bonds is 6. The highest BCUT2D eigenvalue weighted by molar-refractivity contribution is 7.90. The number of hydrogen-bond acceptors (Lipinski definition) is 7. The molecule has 0 unspecified atom stereocenters. The number of pyridine rings is 1. The van der Waals surface area contributed by atoms with Crippen LogP contribution in [-0.4, -0.2) is 39.2 Å². The summed E-state index contributed by atoms with van der Waals surface area (Å²) in [7, 11) is -3.58. The number of anilines is 1. The molecule has 3 aromatic heterocycles. The Morgan fingerprint density at radius 2 is 1.83 bits per heavy atom. The van der Waals surface area contributed by atoms with Crippen molar-refractivity contribution < 1.29 is 8.42 Å². The zero-order chi connectivity index (χ0) is 21.3. The fourth-order valence-electron chi connectivity index (χ4n) is 3.18. The molecule has 30 heavy (non-hydrogen) atoms. The second kappa shape index (κ2) is 7.83. The van der Waals surface area contributed by atoms with Gasteiger partial charge >= 0.3 is 0 Å². The lowest BCUT2D eigenvalue weighted by atomic mass is 10.0. The smallest absolute Gasteiger partial charge is 0.252 e. The number of nitrogens with zero attached hydrogens (tertiary/aromatic N) is 5. The Hall–Kier alpha value is -3.33. The molecule has 0 saturated carbocycles. The van der Waals surface area contributed by atoms with Crippen molar-refractivity contribution >= 4 is 21.4 Å². The zero-order valence-corrected chi connectivity index (χ0v) is 17.8. The van der Waals surface area contributed by atoms with Crippen molar-refractivity contribution in [3.05, 3.63) is 66.0 Å². The molecule has 4 aromatic rings. The molecule has 0 atom stereocenters. The Morgan fingerprint density at radius 1 is 1.07 bits per heavy atom. The van der Waals surface area contributed by atoms with Crippen LogP contribution in [-0.2, 0) is 16.4 Å². The second-order valence-corrected chi connectivity index (χ2v) is 9.23. The van der Waals surface area contributed by atoms with Gasteiger partial charge in [0.15, 0.2) is 5.65 Å². The zero-order valence-electron chi connectivity index (χ0n) is 16.9. The van der Waals surface area contributed by atoms with Crippen LogP contribution in [0.15, 0.2) is 60.0 Å². The Balaban J connectivity index is 1.75. The third-order valence-electron chi connectivity index (χ3n) is 4.72. The summed E-state index contributed by atoms with van der Waals surface area (Å²) >= 11 is 0. The topological polar surface area (TPSA) is 102 Å². The minimum absolute atomic E-state index is 0.141. The number of aromatic nitrogens is 5. The standard InChI is InChI=1S/C21H22N6O2S/c1-14(2)17-13-24-27-19(17)25-21(30(3,28)29)26-20(27)23-12-15-8-4-5-9-16(15)18-10-6-7-11-22-18/h4-11,13-14H,12H2,1-3H3,(H,23,25,26). The van der Waals surface area contributed by atoms with Crippen LogP contribution in [0.25, 0.3) is 16.9 Å². The van der Waals surface area contributed by atoms with E-state index in [2.05, 4.69) is 25.4 Å². The molecular formula is C21H22N6O2S. The normalized spacial score (nSPS) is 11.9. The summed E-state index contributed by atoms with van der Waals surface area (Å²) in [6, 6.07) is 13.7. The van der Waals surface area contributed by atoms with Crippen LogP contribution in [0.5, 0.6) is 0 Å². The molecule has 0 saturated heterocycles. The van der Waals surface area contributed by atoms with E-state index in [1.54, 1.807) is 16.9 Å². The van der Waals surface area contributed by atoms with E-state index in [0.717, 1.165) is 28.6 Å². The molecule has 3 heterocycles. The maximum absolute atomic E-state index is 12.2. The molecular weight excluding hydrogens is 400 g/mol. The highest BCUT2D eigenvalue weighted by Gasteiger charge is 2.20. The molecule has 1 N–H and O–H groups in total. The quantitative estimate of drug-likeness (QED) is 0.508. The van der Waals surface area contributed by atoms with Gasteiger partial charge in [0.25, 0.3) is 5.16 Å². The average Bonchev–Trinajstić information content (AvgIpc) is 3.17. The van der Waals surface area contributed by atoms with Crippen molar-refractivity contribution in [3.63, 3.8) is 0 Å². The first-order chi connectivity index (χ1) is 14.3. The third kappa shape index (κ3) is 3.88. The molecule has 4 rings (SSSR count). The van der Waals surface area contributed by atoms with Gasteiger partial charge in [-0.1, -0.05) is 44.2 Å². The highest BCUT2D eigenvalue weighted by Crippen LogP contribution is 2.24. The van der Waals surface area contributed by atoms with Crippen LogP contribution >= 0.6 is 0 Å². The largest absolute Gasteiger partial charge is 0.350 e. The summed E-state index contributed by atoms with van der Waals surface area (Å²) in [6.45, 7) is 4.43. The van der Waals surface area contributed by atoms with E-state index < -0.39 is 9.84 Å². The lowest BCUT2D eigenvalue weighted by Crippen LogP contribution is -2.14. The van der Waals surface area contributed by atoms with Gasteiger partial charge in [-0.2, -0.15) is 19.6 Å². The number of sulfone groups is 1. The van der Waals surface area contributed by atoms with Gasteiger partial charge in [-0.05, 0) is 23.6 Å². The van der Waals surface area contributed by atoms with Gasteiger partial charge in [-0.25, -0.2) is 8.42 Å². The monoisotopic (exact) mass is 422 g/mol. The molecule has 9 heteroatoms. The first-order valence-electron chi connectivity index (χ1n) is 9.53. The highest BCUT2D eigenvalue weighted by atomic mass is 32.2. The number of fused-ring (bicyclic) bond motifs is 1. The van der Waals surface area contributed by atoms with E-state index in [1.807, 2.05) is 56.3 Å². The lowest BCUT2D eigenvalue weighted by Gasteiger charge is -2.12. The van der Waals surface area contributed by atoms with Crippen molar-refractivity contribution in [2.75, 3.05) is 11.6 Å². The lowest BCUT2D eigenvalue weighted by molar-refractivity contribution is 0.592. The van der Waals surface area contributed by atoms with Crippen molar-refractivity contribution in [3.8, 4) is 11.3 Å². The molecule has 8 nitrogen and oxygen atoms in total. The molecule has 0 aliphatic rings. The van der Waals surface area contributed by atoms with Crippen LogP contribution in [0.4, 0.5) is 5.95 Å². The van der Waals surface area contributed by atoms with Crippen molar-refractivity contribution in [1.82, 2.24) is 24.6 Å². The molecule has 0 fully saturated rings. The van der Waals surface area contributed by atoms with Crippen molar-refractivity contribution in [1.29, 1.82) is 0 Å². The van der Waals surface area contributed by atoms with Gasteiger partial charge < -0.3 is 5.32 Å². The number of benzene rings is 1. The Morgan fingerprint density at radius 3 is 2.53 bits per heavy atom. The van der Waals surface area contributed by atoms with Gasteiger partial charge in [0.05, 0.1) is 11.9 Å². The fourth-order valence-corrected chi connectivity index (χ4v) is 3.69. The maximum Gasteiger partial charge on any atom is 0.252 e. The summed E-state index contributed by atoms with van der Waals surface area (Å²) in [5, 5.41) is 7.39. The first kappa shape index (κ1) is 20.0. The van der Waals surface area contributed by atoms with E-state index in [4.69, 9.17) is 0 Å². The third-order valence-corrected chi connectivity index (χ3v) is 5.57. The van der Waals surface area contributed by atoms with Crippen molar-refractivity contribution in [2.24, 2.45) is 0 Å². The van der Waals surface area contributed by atoms with Crippen LogP contribution in [0.3, 0.4) is 0 Å². The van der Waals surface area contributed by atoms with E-state index >= 15 is 0 Å². The molecule has 1 aromatic carbocycles. The predicted octanol–water partition coefficient (Wildman–Crippen LogP) is 3.33. The SMILES string of the molecule is CC(C)c1cnn2c(NCc3ccccc3-c3ccccn3)nc(S(C)(=O)=O)nc12. The summed E-state index contributed by atoms with van der Waals surface area (Å²) in [6.07, 6.45) is 4.56. The van der Waals surface area contributed by atoms with Gasteiger partial charge in [-0.15, -0.1) is 0 Å². The predicted molar refractivity (Wildman–Crippen MR) is 115 cm³/mol. The molecule has 0 radical (unpaired) electrons. The van der Waals surface area contributed by atoms with E-state index in [0.29, 0.717) is 18.1 Å². The van der Waals surface area contributed by atoms with Crippen LogP contribution in [0.1, 0.15) is 30.9 Å². The number of hydrogen-bond donors (Lipinski definition) is 1. The second-order valence-electron chi connectivity index (χ2n) is 7.32. The average molecular weight is 423 g/mol. The first-order valence-corrected chi connectivity index (χ1v) is 11.4. The van der Waals surface area contributed by atoms with E-state index in [-0.39, 0.29) is 11.1 Å². The van der Waals surface area contributed by atoms with Crippen LogP contribution in [0, 0.1) is 0 Å². The minimum Gasteiger partial charge on any atom is -0.350 e. The van der Waals surface area contributed by atoms with Gasteiger partial charge in [0.2, 0.25) is 15.8 Å². The maximum atomic E-state index is 12.2. The van der Waals surface area contributed by atoms with E-state index in [1.165, 1.54) is 0 Å². The van der Waals surface area contributed by atoms with Crippen LogP contribution < -0.4 is 5.32 Å². The Labute approximate surface area is 175 Å². The fraction of sp³-hybridized carbons (Fsp3) is 0.238. The summed E-state index contributed by atoms with van der Waals surface area (Å²) in [5.74, 6) is 0.464. The van der Waals surface area contributed by atoms with E-state index in [9.17, 15) is 8.42 Å². The molecule has 0 bridgehead atoms. The number of nitrogens with one attached hydrogen (secondary N) is 1. The van der Waals surface area contributed by atoms with Crippen LogP contribution in [0.2, 0.25) is 0 Å². The van der Waals surface area contributed by atoms with Crippen molar-refractivity contribution in [2.45, 2.75) is 31.5 Å². The Bertz CT molecular complexity index is 1300. The van der Waals surface area contributed by atoms with Gasteiger partial charge in [0, 0.05) is 30.1 Å². The molecule has 0 aliphatic carbocycles. The Kier molecular flexibility index (Phi) is 5.21.